The fourth-order valence-corrected chi connectivity index (χ4v) is 3.00. The minimum absolute atomic E-state index is 0. The molecule has 5 heteroatoms. The van der Waals surface area contributed by atoms with Crippen LogP contribution in [0.25, 0.3) is 0 Å². The quantitative estimate of drug-likeness (QED) is 0.635. The molecule has 10 radical (unpaired) electrons. The van der Waals surface area contributed by atoms with Gasteiger partial charge in [-0.3, -0.25) is 4.79 Å². The Labute approximate surface area is 165 Å². The fraction of sp³-hybridized carbons (Fsp3) is 0.105. The smallest absolute Gasteiger partial charge is 0.487 e. The van der Waals surface area contributed by atoms with Gasteiger partial charge in [-0.1, -0.05) is 23.2 Å². The van der Waals surface area contributed by atoms with Gasteiger partial charge in [-0.15, -0.1) is 0 Å². The monoisotopic (exact) mass is 400 g/mol. The van der Waals surface area contributed by atoms with Crippen LogP contribution in [0.4, 0.5) is 0 Å². The van der Waals surface area contributed by atoms with Gasteiger partial charge in [0, 0.05) is 17.4 Å². The number of ether oxygens (including phenoxy) is 1. The van der Waals surface area contributed by atoms with Crippen molar-refractivity contribution in [3.8, 4) is 5.75 Å². The van der Waals surface area contributed by atoms with Crippen LogP contribution in [0.15, 0.2) is 12.1 Å². The molecule has 0 N–H and O–H groups in total. The van der Waals surface area contributed by atoms with Gasteiger partial charge < -0.3 is 4.74 Å². The molecule has 122 valence electrons. The van der Waals surface area contributed by atoms with Crippen LogP contribution in [0.5, 0.6) is 5.75 Å². The maximum atomic E-state index is 12.1. The molecule has 24 heavy (non-hydrogen) atoms. The van der Waals surface area contributed by atoms with Crippen molar-refractivity contribution in [2.75, 3.05) is 0 Å². The molecule has 0 spiro atoms. The predicted octanol–water partition coefficient (Wildman–Crippen LogP) is 4.75. The van der Waals surface area contributed by atoms with Crippen molar-refractivity contribution >= 4 is 29.0 Å². The first-order valence-corrected chi connectivity index (χ1v) is 7.98. The molecule has 2 nitrogen and oxygen atoms in total. The van der Waals surface area contributed by atoms with Gasteiger partial charge in [0.05, 0.1) is 10.6 Å². The summed E-state index contributed by atoms with van der Waals surface area (Å²) in [4.78, 5) is 12.1. The predicted molar refractivity (Wildman–Crippen MR) is 91.8 cm³/mol. The zero-order chi connectivity index (χ0) is 16.2. The number of carbonyl (C=O) groups excluding carboxylic acids is 1. The summed E-state index contributed by atoms with van der Waals surface area (Å²) in [6.07, 6.45) is 17.8. The second kappa shape index (κ2) is 9.48. The van der Waals surface area contributed by atoms with Crippen molar-refractivity contribution in [3.05, 3.63) is 91.4 Å². The Morgan fingerprint density at radius 2 is 1.50 bits per heavy atom. The molecule has 2 saturated carbocycles. The third-order valence-electron chi connectivity index (χ3n) is 3.56. The summed E-state index contributed by atoms with van der Waals surface area (Å²) >= 11 is 12.0. The van der Waals surface area contributed by atoms with Gasteiger partial charge in [-0.2, -0.15) is 0 Å². The van der Waals surface area contributed by atoms with E-state index < -0.39 is 0 Å². The molecule has 4 rings (SSSR count). The summed E-state index contributed by atoms with van der Waals surface area (Å²) in [7, 11) is 0. The second-order valence-corrected chi connectivity index (χ2v) is 6.02. The summed E-state index contributed by atoms with van der Waals surface area (Å²) in [5, 5.41) is 0.824. The number of hydrogen-bond donors (Lipinski definition) is 0. The second-order valence-electron chi connectivity index (χ2n) is 5.18. The number of benzene rings is 1. The standard InChI is InChI=1S/C14H9Cl2O2.C5H5.Fe/c15-9-5-10-12(17)7-13(8-3-1-2-4-8)18-14(10)11(16)6-9;1-2-4-5-3-1;/h1-6,13H,7H2;1-5H;/q;;+2. The average Bonchev–Trinajstić information content (AvgIpc) is 3.24. The molecule has 2 aliphatic carbocycles. The Hall–Kier alpha value is -0.211. The van der Waals surface area contributed by atoms with E-state index in [1.165, 1.54) is 0 Å². The maximum absolute atomic E-state index is 12.1. The van der Waals surface area contributed by atoms with Crippen molar-refractivity contribution < 1.29 is 26.6 Å². The Morgan fingerprint density at radius 1 is 0.917 bits per heavy atom. The number of carbonyl (C=O) groups is 1. The van der Waals surface area contributed by atoms with Gasteiger partial charge in [-0.25, -0.2) is 0 Å². The minimum atomic E-state index is -0.265. The molecule has 0 aromatic heterocycles. The molecular formula is C19H14Cl2FeO2+2. The van der Waals surface area contributed by atoms with E-state index in [4.69, 9.17) is 27.9 Å². The van der Waals surface area contributed by atoms with Gasteiger partial charge in [0.2, 0.25) is 0 Å². The summed E-state index contributed by atoms with van der Waals surface area (Å²) in [5.74, 6) is 1.43. The Bertz CT molecular complexity index is 559. The van der Waals surface area contributed by atoms with Gasteiger partial charge in [0.1, 0.15) is 11.9 Å². The Kier molecular flexibility index (Phi) is 7.94. The molecule has 0 amide bonds. The first-order chi connectivity index (χ1) is 11.1. The van der Waals surface area contributed by atoms with Crippen molar-refractivity contribution in [1.82, 2.24) is 0 Å². The van der Waals surface area contributed by atoms with Gasteiger partial charge in [-0.05, 0) is 69.9 Å². The van der Waals surface area contributed by atoms with E-state index in [-0.39, 0.29) is 29.0 Å². The molecule has 1 aromatic rings. The third-order valence-corrected chi connectivity index (χ3v) is 4.05. The number of Topliss-reactive ketones (excluding diaryl/α,β-unsaturated/α-hetero) is 1. The fourth-order valence-electron chi connectivity index (χ4n) is 2.46. The van der Waals surface area contributed by atoms with Crippen LogP contribution < -0.4 is 4.74 Å². The molecule has 1 aliphatic heterocycles. The van der Waals surface area contributed by atoms with E-state index >= 15 is 0 Å². The topological polar surface area (TPSA) is 26.3 Å². The molecule has 0 bridgehead atoms. The first-order valence-electron chi connectivity index (χ1n) is 7.22. The molecule has 2 fully saturated rings. The maximum Gasteiger partial charge on any atom is 2.00 e. The van der Waals surface area contributed by atoms with E-state index in [1.54, 1.807) is 12.1 Å². The molecule has 3 aliphatic rings. The average molecular weight is 401 g/mol. The number of halogens is 2. The zero-order valence-electron chi connectivity index (χ0n) is 12.6. The van der Waals surface area contributed by atoms with Crippen LogP contribution in [0.1, 0.15) is 16.8 Å². The zero-order valence-corrected chi connectivity index (χ0v) is 15.2. The van der Waals surface area contributed by atoms with Crippen LogP contribution in [0, 0.1) is 63.7 Å². The molecule has 1 atom stereocenters. The summed E-state index contributed by atoms with van der Waals surface area (Å²) in [5.41, 5.74) is 0.468. The molecule has 1 heterocycles. The van der Waals surface area contributed by atoms with Crippen LogP contribution in [-0.4, -0.2) is 11.9 Å². The molecule has 1 aromatic carbocycles. The molecular weight excluding hydrogens is 387 g/mol. The van der Waals surface area contributed by atoms with E-state index in [1.807, 2.05) is 57.8 Å². The number of hydrogen-bond acceptors (Lipinski definition) is 2. The minimum Gasteiger partial charge on any atom is -0.487 e. The van der Waals surface area contributed by atoms with E-state index in [0.29, 0.717) is 27.8 Å². The van der Waals surface area contributed by atoms with E-state index in [2.05, 4.69) is 0 Å². The number of rotatable bonds is 1. The molecule has 0 saturated heterocycles. The van der Waals surface area contributed by atoms with Crippen molar-refractivity contribution in [3.63, 3.8) is 0 Å². The largest absolute Gasteiger partial charge is 2.00 e. The molecule has 1 unspecified atom stereocenters. The van der Waals surface area contributed by atoms with Crippen molar-refractivity contribution in [1.29, 1.82) is 0 Å². The van der Waals surface area contributed by atoms with Crippen molar-refractivity contribution in [2.45, 2.75) is 12.5 Å². The number of fused-ring (bicyclic) bond motifs is 1. The third kappa shape index (κ3) is 4.91. The van der Waals surface area contributed by atoms with Crippen LogP contribution >= 0.6 is 23.2 Å². The normalized spacial score (nSPS) is 22.9. The van der Waals surface area contributed by atoms with E-state index in [0.717, 1.165) is 5.92 Å². The van der Waals surface area contributed by atoms with Crippen molar-refractivity contribution in [2.24, 2.45) is 0 Å². The van der Waals surface area contributed by atoms with Gasteiger partial charge in [0.25, 0.3) is 0 Å². The Morgan fingerprint density at radius 3 is 2.08 bits per heavy atom. The van der Waals surface area contributed by atoms with Crippen LogP contribution in [0.2, 0.25) is 10.0 Å². The summed E-state index contributed by atoms with van der Waals surface area (Å²) < 4.78 is 5.82. The summed E-state index contributed by atoms with van der Waals surface area (Å²) in [6, 6.07) is 3.19. The number of ketones is 1. The summed E-state index contributed by atoms with van der Waals surface area (Å²) in [6.45, 7) is 0. The first kappa shape index (κ1) is 20.1. The van der Waals surface area contributed by atoms with E-state index in [9.17, 15) is 4.79 Å². The van der Waals surface area contributed by atoms with Crippen LogP contribution in [-0.2, 0) is 17.1 Å². The Balaban J connectivity index is 0.000000300. The van der Waals surface area contributed by atoms with Gasteiger partial charge >= 0.3 is 17.1 Å². The van der Waals surface area contributed by atoms with Gasteiger partial charge in [0.15, 0.2) is 5.78 Å². The SMILES string of the molecule is O=C1CC([C]2[CH][CH][CH][CH]2)Oc2c(Cl)cc(Cl)cc21.[CH]1[CH][CH][CH][CH]1.[Fe+2]. The van der Waals surface area contributed by atoms with Crippen LogP contribution in [0.3, 0.4) is 0 Å².